The summed E-state index contributed by atoms with van der Waals surface area (Å²) in [5, 5.41) is 9.24. The van der Waals surface area contributed by atoms with E-state index in [1.165, 1.54) is 6.42 Å². The predicted molar refractivity (Wildman–Crippen MR) is 83.5 cm³/mol. The second kappa shape index (κ2) is 5.78. The molecule has 5 heteroatoms. The highest BCUT2D eigenvalue weighted by molar-refractivity contribution is 6.30. The number of aromatic nitrogens is 2. The van der Waals surface area contributed by atoms with Crippen LogP contribution in [0.2, 0.25) is 5.02 Å². The van der Waals surface area contributed by atoms with E-state index in [1.807, 2.05) is 25.1 Å². The fraction of sp³-hybridized carbons (Fsp3) is 0.500. The average molecular weight is 306 g/mol. The Morgan fingerprint density at radius 3 is 2.90 bits per heavy atom. The molecule has 4 nitrogen and oxygen atoms in total. The van der Waals surface area contributed by atoms with E-state index in [1.54, 1.807) is 0 Å². The van der Waals surface area contributed by atoms with E-state index < -0.39 is 0 Å². The van der Waals surface area contributed by atoms with Gasteiger partial charge in [0.1, 0.15) is 0 Å². The second-order valence-electron chi connectivity index (χ2n) is 5.87. The summed E-state index contributed by atoms with van der Waals surface area (Å²) < 4.78 is 5.96. The summed E-state index contributed by atoms with van der Waals surface area (Å²) in [4.78, 5) is 2.35. The first kappa shape index (κ1) is 14.5. The summed E-state index contributed by atoms with van der Waals surface area (Å²) in [7, 11) is 2.15. The normalized spacial score (nSPS) is 23.4. The second-order valence-corrected chi connectivity index (χ2v) is 6.31. The number of hydrogen-bond acceptors (Lipinski definition) is 4. The van der Waals surface area contributed by atoms with Gasteiger partial charge < -0.3 is 9.32 Å². The zero-order chi connectivity index (χ0) is 15.0. The Balaban J connectivity index is 1.89. The van der Waals surface area contributed by atoms with Crippen molar-refractivity contribution in [2.45, 2.75) is 38.6 Å². The van der Waals surface area contributed by atoms with Crippen molar-refractivity contribution in [1.82, 2.24) is 15.1 Å². The molecule has 112 valence electrons. The first-order chi connectivity index (χ1) is 10.1. The third kappa shape index (κ3) is 2.83. The number of halogens is 1. The summed E-state index contributed by atoms with van der Waals surface area (Å²) in [6.07, 6.45) is 2.27. The van der Waals surface area contributed by atoms with E-state index in [4.69, 9.17) is 16.0 Å². The first-order valence-electron chi connectivity index (χ1n) is 7.36. The molecule has 1 aromatic heterocycles. The Labute approximate surface area is 130 Å². The Hall–Kier alpha value is -1.39. The molecule has 1 aromatic carbocycles. The standard InChI is InChI=1S/C16H20ClN3O/c1-10-9-12(17)6-7-13(10)15-18-19-16(21-15)14-5-4-8-20(3)11(14)2/h6-7,9,11,14H,4-5,8H2,1-3H3/t11-,14-/m0/s1. The van der Waals surface area contributed by atoms with E-state index in [0.29, 0.717) is 17.9 Å². The maximum Gasteiger partial charge on any atom is 0.248 e. The van der Waals surface area contributed by atoms with Crippen molar-refractivity contribution < 1.29 is 4.42 Å². The van der Waals surface area contributed by atoms with E-state index in [-0.39, 0.29) is 0 Å². The van der Waals surface area contributed by atoms with Gasteiger partial charge in [0.05, 0.1) is 5.92 Å². The summed E-state index contributed by atoms with van der Waals surface area (Å²) in [5.74, 6) is 1.65. The van der Waals surface area contributed by atoms with Gasteiger partial charge in [0.25, 0.3) is 0 Å². The number of aryl methyl sites for hydroxylation is 1. The molecular formula is C16H20ClN3O. The van der Waals surface area contributed by atoms with Gasteiger partial charge in [-0.15, -0.1) is 10.2 Å². The van der Waals surface area contributed by atoms with Crippen LogP contribution in [0.4, 0.5) is 0 Å². The molecule has 3 rings (SSSR count). The molecule has 1 fully saturated rings. The summed E-state index contributed by atoms with van der Waals surface area (Å²) in [6.45, 7) is 5.36. The lowest BCUT2D eigenvalue weighted by atomic mass is 9.90. The van der Waals surface area contributed by atoms with E-state index in [2.05, 4.69) is 29.1 Å². The highest BCUT2D eigenvalue weighted by atomic mass is 35.5. The molecule has 0 unspecified atom stereocenters. The van der Waals surface area contributed by atoms with Gasteiger partial charge in [0.15, 0.2) is 0 Å². The molecule has 1 aliphatic heterocycles. The molecule has 0 bridgehead atoms. The van der Waals surface area contributed by atoms with Crippen LogP contribution in [-0.4, -0.2) is 34.7 Å². The molecule has 1 saturated heterocycles. The maximum atomic E-state index is 5.99. The van der Waals surface area contributed by atoms with Crippen molar-refractivity contribution >= 4 is 11.6 Å². The minimum Gasteiger partial charge on any atom is -0.420 e. The van der Waals surface area contributed by atoms with Crippen molar-refractivity contribution in [3.63, 3.8) is 0 Å². The minimum absolute atomic E-state index is 0.317. The molecule has 2 heterocycles. The van der Waals surface area contributed by atoms with Crippen molar-refractivity contribution in [2.75, 3.05) is 13.6 Å². The lowest BCUT2D eigenvalue weighted by Gasteiger charge is -2.34. The molecule has 0 amide bonds. The number of likely N-dealkylation sites (N-methyl/N-ethyl adjacent to an activating group) is 1. The molecule has 2 aromatic rings. The maximum absolute atomic E-state index is 5.99. The predicted octanol–water partition coefficient (Wildman–Crippen LogP) is 3.90. The monoisotopic (exact) mass is 305 g/mol. The quantitative estimate of drug-likeness (QED) is 0.844. The minimum atomic E-state index is 0.317. The van der Waals surface area contributed by atoms with Crippen molar-refractivity contribution in [2.24, 2.45) is 0 Å². The van der Waals surface area contributed by atoms with Gasteiger partial charge in [0.2, 0.25) is 11.8 Å². The molecule has 0 N–H and O–H groups in total. The Kier molecular flexibility index (Phi) is 4.00. The number of hydrogen-bond donors (Lipinski definition) is 0. The molecule has 21 heavy (non-hydrogen) atoms. The molecular weight excluding hydrogens is 286 g/mol. The largest absolute Gasteiger partial charge is 0.420 e. The van der Waals surface area contributed by atoms with Crippen LogP contribution in [0.15, 0.2) is 22.6 Å². The third-order valence-corrected chi connectivity index (χ3v) is 4.72. The lowest BCUT2D eigenvalue weighted by Crippen LogP contribution is -2.39. The fourth-order valence-electron chi connectivity index (χ4n) is 3.00. The number of likely N-dealkylation sites (tertiary alicyclic amines) is 1. The van der Waals surface area contributed by atoms with Gasteiger partial charge in [0, 0.05) is 16.6 Å². The van der Waals surface area contributed by atoms with Crippen LogP contribution in [0, 0.1) is 6.92 Å². The fourth-order valence-corrected chi connectivity index (χ4v) is 3.23. The number of rotatable bonds is 2. The molecule has 0 aliphatic carbocycles. The summed E-state index contributed by atoms with van der Waals surface area (Å²) >= 11 is 5.99. The van der Waals surface area contributed by atoms with Crippen LogP contribution in [-0.2, 0) is 0 Å². The molecule has 0 saturated carbocycles. The van der Waals surface area contributed by atoms with Gasteiger partial charge in [-0.2, -0.15) is 0 Å². The van der Waals surface area contributed by atoms with Gasteiger partial charge in [-0.1, -0.05) is 11.6 Å². The van der Waals surface area contributed by atoms with Crippen LogP contribution in [0.1, 0.15) is 37.1 Å². The molecule has 0 spiro atoms. The summed E-state index contributed by atoms with van der Waals surface area (Å²) in [5.41, 5.74) is 2.00. The van der Waals surface area contributed by atoms with Crippen molar-refractivity contribution in [3.8, 4) is 11.5 Å². The van der Waals surface area contributed by atoms with E-state index >= 15 is 0 Å². The Bertz CT molecular complexity index is 640. The first-order valence-corrected chi connectivity index (χ1v) is 7.74. The van der Waals surface area contributed by atoms with Crippen LogP contribution in [0.25, 0.3) is 11.5 Å². The van der Waals surface area contributed by atoms with Crippen LogP contribution in [0.5, 0.6) is 0 Å². The highest BCUT2D eigenvalue weighted by Gasteiger charge is 2.31. The van der Waals surface area contributed by atoms with Gasteiger partial charge in [-0.05, 0) is 64.0 Å². The van der Waals surface area contributed by atoms with Gasteiger partial charge in [-0.3, -0.25) is 0 Å². The van der Waals surface area contributed by atoms with Crippen LogP contribution in [0.3, 0.4) is 0 Å². The summed E-state index contributed by atoms with van der Waals surface area (Å²) in [6, 6.07) is 6.13. The highest BCUT2D eigenvalue weighted by Crippen LogP contribution is 2.33. The Morgan fingerprint density at radius 1 is 1.33 bits per heavy atom. The van der Waals surface area contributed by atoms with Crippen LogP contribution >= 0.6 is 11.6 Å². The van der Waals surface area contributed by atoms with Gasteiger partial charge in [-0.25, -0.2) is 0 Å². The SMILES string of the molecule is Cc1cc(Cl)ccc1-c1nnc([C@H]2CCCN(C)[C@H]2C)o1. The number of piperidine rings is 1. The van der Waals surface area contributed by atoms with Crippen LogP contribution < -0.4 is 0 Å². The smallest absolute Gasteiger partial charge is 0.248 e. The molecule has 2 atom stereocenters. The lowest BCUT2D eigenvalue weighted by molar-refractivity contribution is 0.158. The zero-order valence-corrected chi connectivity index (χ0v) is 13.4. The average Bonchev–Trinajstić information content (AvgIpc) is 2.91. The van der Waals surface area contributed by atoms with Gasteiger partial charge >= 0.3 is 0 Å². The van der Waals surface area contributed by atoms with Crippen molar-refractivity contribution in [3.05, 3.63) is 34.7 Å². The molecule has 0 radical (unpaired) electrons. The molecule has 1 aliphatic rings. The van der Waals surface area contributed by atoms with E-state index in [9.17, 15) is 0 Å². The number of nitrogens with zero attached hydrogens (tertiary/aromatic N) is 3. The number of benzene rings is 1. The topological polar surface area (TPSA) is 42.2 Å². The third-order valence-electron chi connectivity index (χ3n) is 4.48. The zero-order valence-electron chi connectivity index (χ0n) is 12.6. The Morgan fingerprint density at radius 2 is 2.14 bits per heavy atom. The van der Waals surface area contributed by atoms with E-state index in [0.717, 1.165) is 35.0 Å². The van der Waals surface area contributed by atoms with Crippen molar-refractivity contribution in [1.29, 1.82) is 0 Å².